The molecule has 7 rings (SSSR count). The number of primary amides is 1. The quantitative estimate of drug-likeness (QED) is 0.0118. The zero-order valence-electron chi connectivity index (χ0n) is 50.9. The minimum absolute atomic E-state index is 0.0311. The fourth-order valence-electron chi connectivity index (χ4n) is 10.1. The second kappa shape index (κ2) is 34.2. The third-order valence-corrected chi connectivity index (χ3v) is 15.1. The topological polar surface area (TPSA) is 312 Å². The summed E-state index contributed by atoms with van der Waals surface area (Å²) in [6.07, 6.45) is 9.15. The highest BCUT2D eigenvalue weighted by Gasteiger charge is 2.32. The third-order valence-electron chi connectivity index (χ3n) is 15.1. The van der Waals surface area contributed by atoms with Crippen LogP contribution in [0.1, 0.15) is 92.9 Å². The van der Waals surface area contributed by atoms with E-state index in [-0.39, 0.29) is 106 Å². The predicted octanol–water partition coefficient (Wildman–Crippen LogP) is 6.96. The van der Waals surface area contributed by atoms with E-state index in [4.69, 9.17) is 34.9 Å². The Morgan fingerprint density at radius 3 is 2.32 bits per heavy atom. The first-order chi connectivity index (χ1) is 42.5. The van der Waals surface area contributed by atoms with Gasteiger partial charge in [0.15, 0.2) is 17.0 Å². The van der Waals surface area contributed by atoms with Gasteiger partial charge < -0.3 is 65.1 Å². The van der Waals surface area contributed by atoms with Gasteiger partial charge in [0.25, 0.3) is 0 Å². The fourth-order valence-corrected chi connectivity index (χ4v) is 10.1. The Hall–Kier alpha value is -8.42. The number of aromatic nitrogens is 3. The van der Waals surface area contributed by atoms with Gasteiger partial charge >= 0.3 is 12.1 Å². The smallest absolute Gasteiger partial charge is 0.409 e. The monoisotopic (exact) mass is 1220 g/mol. The molecule has 1 aliphatic heterocycles. The Balaban J connectivity index is 0.894. The maximum atomic E-state index is 16.1. The van der Waals surface area contributed by atoms with Crippen LogP contribution in [0.3, 0.4) is 0 Å². The van der Waals surface area contributed by atoms with E-state index in [2.05, 4.69) is 67.8 Å². The number of urea groups is 1. The zero-order valence-corrected chi connectivity index (χ0v) is 50.9. The van der Waals surface area contributed by atoms with Gasteiger partial charge in [-0.2, -0.15) is 0 Å². The molecular formula is C62H83FN14O11. The van der Waals surface area contributed by atoms with Gasteiger partial charge in [-0.15, -0.1) is 0 Å². The summed E-state index contributed by atoms with van der Waals surface area (Å²) >= 11 is 0. The van der Waals surface area contributed by atoms with Crippen molar-refractivity contribution in [1.82, 2.24) is 40.3 Å². The van der Waals surface area contributed by atoms with Crippen molar-refractivity contribution < 1.29 is 52.0 Å². The first-order valence-electron chi connectivity index (χ1n) is 29.9. The third kappa shape index (κ3) is 21.2. The number of nitrogens with two attached hydrogens (primary N) is 1. The molecule has 0 spiro atoms. The molecule has 2 aliphatic rings. The number of azide groups is 1. The zero-order chi connectivity index (χ0) is 63.0. The minimum Gasteiger partial charge on any atom is -0.489 e. The Morgan fingerprint density at radius 2 is 1.62 bits per heavy atom. The lowest BCUT2D eigenvalue weighted by atomic mass is 10.0. The van der Waals surface area contributed by atoms with Crippen LogP contribution in [-0.2, 0) is 53.0 Å². The largest absolute Gasteiger partial charge is 0.489 e. The summed E-state index contributed by atoms with van der Waals surface area (Å²) in [5.41, 5.74) is 19.5. The maximum Gasteiger partial charge on any atom is 0.409 e. The van der Waals surface area contributed by atoms with Gasteiger partial charge in [-0.1, -0.05) is 31.1 Å². The second-order valence-electron chi connectivity index (χ2n) is 22.4. The number of piperidine rings is 1. The Morgan fingerprint density at radius 1 is 0.875 bits per heavy atom. The number of carbonyl (C=O) groups is 5. The summed E-state index contributed by atoms with van der Waals surface area (Å²) in [4.78, 5) is 96.8. The average molecular weight is 1220 g/mol. The van der Waals surface area contributed by atoms with Crippen molar-refractivity contribution in [1.29, 1.82) is 0 Å². The van der Waals surface area contributed by atoms with Crippen molar-refractivity contribution in [3.63, 3.8) is 0 Å². The molecule has 3 atom stereocenters. The molecule has 0 radical (unpaired) electrons. The number of amides is 6. The first-order valence-corrected chi connectivity index (χ1v) is 29.9. The number of likely N-dealkylation sites (N-methyl/N-ethyl adjacent to an activating group) is 1. The number of aryl methyl sites for hydroxylation is 2. The van der Waals surface area contributed by atoms with E-state index >= 15 is 4.39 Å². The number of pyridine rings is 3. The van der Waals surface area contributed by atoms with Crippen molar-refractivity contribution in [2.75, 3.05) is 96.2 Å². The number of hydrogen-bond donors (Lipinski definition) is 5. The molecule has 3 aromatic heterocycles. The molecule has 0 bridgehead atoms. The predicted molar refractivity (Wildman–Crippen MR) is 329 cm³/mol. The lowest BCUT2D eigenvalue weighted by Crippen LogP contribution is -2.54. The maximum absolute atomic E-state index is 16.1. The van der Waals surface area contributed by atoms with Crippen LogP contribution >= 0.6 is 0 Å². The number of anilines is 2. The molecule has 4 heterocycles. The van der Waals surface area contributed by atoms with Crippen molar-refractivity contribution in [3.05, 3.63) is 134 Å². The summed E-state index contributed by atoms with van der Waals surface area (Å²) in [7, 11) is 1.53. The molecule has 26 heteroatoms. The number of carbonyl (C=O) groups excluding carboxylic acids is 5. The molecule has 6 amide bonds. The lowest BCUT2D eigenvalue weighted by Gasteiger charge is -2.40. The summed E-state index contributed by atoms with van der Waals surface area (Å²) in [5, 5.41) is 14.4. The molecule has 474 valence electrons. The summed E-state index contributed by atoms with van der Waals surface area (Å²) < 4.78 is 45.8. The van der Waals surface area contributed by atoms with Crippen LogP contribution in [0.25, 0.3) is 21.3 Å². The van der Waals surface area contributed by atoms with Crippen molar-refractivity contribution >= 4 is 52.1 Å². The van der Waals surface area contributed by atoms with Gasteiger partial charge in [-0.3, -0.25) is 34.0 Å². The highest BCUT2D eigenvalue weighted by Crippen LogP contribution is 2.38. The van der Waals surface area contributed by atoms with Crippen molar-refractivity contribution in [2.24, 2.45) is 16.8 Å². The van der Waals surface area contributed by atoms with Gasteiger partial charge in [0.2, 0.25) is 17.7 Å². The number of nitrogens with zero attached hydrogens (tertiary/aromatic N) is 9. The number of rotatable bonds is 35. The molecule has 1 aliphatic carbocycles. The lowest BCUT2D eigenvalue weighted by molar-refractivity contribution is -0.132. The van der Waals surface area contributed by atoms with Gasteiger partial charge in [-0.05, 0) is 117 Å². The number of fused-ring (bicyclic) bond motifs is 1. The van der Waals surface area contributed by atoms with Gasteiger partial charge in [0.1, 0.15) is 25.3 Å². The number of hydrogen-bond acceptors (Lipinski definition) is 16. The second-order valence-corrected chi connectivity index (χ2v) is 22.4. The fraction of sp³-hybridized carbons (Fsp3) is 0.516. The molecule has 5 aromatic rings. The molecule has 1 saturated carbocycles. The van der Waals surface area contributed by atoms with Crippen molar-refractivity contribution in [3.8, 4) is 5.75 Å². The van der Waals surface area contributed by atoms with Crippen LogP contribution in [0.5, 0.6) is 5.75 Å². The Bertz CT molecular complexity index is 3230. The van der Waals surface area contributed by atoms with E-state index in [1.165, 1.54) is 18.0 Å². The molecular weight excluding hydrogens is 1140 g/mol. The SMILES string of the molecule is Cc1ccc(N2CCC[C@H](N(Cc3ccnc(C)c3)Cc3cn(C4CC4)c4cc(OCCN(C)C(=O)OCc5ccc(NC(=O)[C@H](CCCNC(N)=O)NC(=O)[C@@H](NC(=O)CCOCCOCCOCCN=[N+]=[N-])C(C)C)cc5)c(F)cc4c3=O)C2)cn1. The first kappa shape index (κ1) is 67.1. The average Bonchev–Trinajstić information content (AvgIpc) is 1.81. The highest BCUT2D eigenvalue weighted by molar-refractivity contribution is 5.98. The van der Waals surface area contributed by atoms with Crippen LogP contribution in [0.2, 0.25) is 0 Å². The molecule has 2 fully saturated rings. The van der Waals surface area contributed by atoms with E-state index in [9.17, 15) is 28.8 Å². The molecule has 25 nitrogen and oxygen atoms in total. The van der Waals surface area contributed by atoms with Crippen LogP contribution < -0.4 is 42.1 Å². The van der Waals surface area contributed by atoms with Crippen LogP contribution in [0.4, 0.5) is 25.4 Å². The Kier molecular flexibility index (Phi) is 26.1. The number of ether oxygens (including phenoxy) is 5. The van der Waals surface area contributed by atoms with Crippen LogP contribution in [0.15, 0.2) is 89.2 Å². The van der Waals surface area contributed by atoms with E-state index in [1.807, 2.05) is 44.6 Å². The van der Waals surface area contributed by atoms with Gasteiger partial charge in [-0.25, -0.2) is 14.0 Å². The van der Waals surface area contributed by atoms with E-state index in [1.54, 1.807) is 44.2 Å². The minimum atomic E-state index is -1.07. The van der Waals surface area contributed by atoms with E-state index < -0.39 is 47.7 Å². The van der Waals surface area contributed by atoms with Crippen LogP contribution in [-0.4, -0.2) is 158 Å². The molecule has 1 saturated heterocycles. The van der Waals surface area contributed by atoms with Gasteiger partial charge in [0, 0.05) is 116 Å². The highest BCUT2D eigenvalue weighted by atomic mass is 19.1. The number of halogens is 1. The summed E-state index contributed by atoms with van der Waals surface area (Å²) in [5.74, 6) is -2.66. The molecule has 6 N–H and O–H groups in total. The summed E-state index contributed by atoms with van der Waals surface area (Å²) in [6.45, 7) is 11.9. The summed E-state index contributed by atoms with van der Waals surface area (Å²) in [6, 6.07) is 15.1. The number of benzene rings is 2. The Labute approximate surface area is 511 Å². The van der Waals surface area contributed by atoms with Crippen LogP contribution in [0, 0.1) is 25.6 Å². The number of nitrogens with one attached hydrogen (secondary N) is 4. The molecule has 0 unspecified atom stereocenters. The standard InChI is InChI=1S/C62H83FN14O11/c1-41(2)57(72-56(78)19-25-84-28-30-86-31-29-85-26-22-69-73-65)60(81)71-53(9-6-20-67-61(64)82)59(80)70-47-13-11-44(12-14-47)40-88-62(83)74(5)24-27-87-55-34-54-51(33-52(55)63)58(79)46(38-77(54)48-16-17-48)37-76(36-45-18-21-66-43(4)32-45)50-8-7-23-75(39-50)49-15-10-42(3)68-35-49/h10-15,18,21,32-35,38,41,48,50,53,57H,6-9,16-17,19-20,22-31,36-37,39-40H2,1-5H3,(H,70,80)(H,71,81)(H,72,78)(H3,64,67,82)/t50-,53-,57-/m0/s1. The van der Waals surface area contributed by atoms with E-state index in [0.717, 1.165) is 61.4 Å². The van der Waals surface area contributed by atoms with Crippen molar-refractivity contribution in [2.45, 2.75) is 117 Å². The molecule has 2 aromatic carbocycles. The van der Waals surface area contributed by atoms with Gasteiger partial charge in [0.05, 0.1) is 63.6 Å². The molecule has 88 heavy (non-hydrogen) atoms. The van der Waals surface area contributed by atoms with E-state index in [0.29, 0.717) is 55.2 Å². The normalized spacial score (nSPS) is 14.6.